The number of hydrogen-bond acceptors (Lipinski definition) is 6. The van der Waals surface area contributed by atoms with Crippen LogP contribution in [0.15, 0.2) is 36.4 Å². The summed E-state index contributed by atoms with van der Waals surface area (Å²) >= 11 is 0. The SMILES string of the molecule is COc1cc(OC)cc(C(=O)Nc2cc(OC)ccc2N2CCOCC2)c1. The van der Waals surface area contributed by atoms with E-state index in [1.165, 1.54) is 0 Å². The van der Waals surface area contributed by atoms with Crippen LogP contribution >= 0.6 is 0 Å². The lowest BCUT2D eigenvalue weighted by Crippen LogP contribution is -2.36. The van der Waals surface area contributed by atoms with Crippen molar-refractivity contribution in [3.05, 3.63) is 42.0 Å². The van der Waals surface area contributed by atoms with Crippen LogP contribution in [0.5, 0.6) is 17.2 Å². The number of amides is 1. The van der Waals surface area contributed by atoms with E-state index in [4.69, 9.17) is 18.9 Å². The summed E-state index contributed by atoms with van der Waals surface area (Å²) in [4.78, 5) is 15.1. The smallest absolute Gasteiger partial charge is 0.255 e. The molecule has 7 heteroatoms. The van der Waals surface area contributed by atoms with Gasteiger partial charge < -0.3 is 29.2 Å². The first-order valence-corrected chi connectivity index (χ1v) is 8.69. The summed E-state index contributed by atoms with van der Waals surface area (Å²) in [5.41, 5.74) is 2.06. The molecule has 1 saturated heterocycles. The molecule has 0 aromatic heterocycles. The standard InChI is InChI=1S/C20H24N2O5/c1-24-15-4-5-19(22-6-8-27-9-7-22)18(13-15)21-20(23)14-10-16(25-2)12-17(11-14)26-3/h4-5,10-13H,6-9H2,1-3H3,(H,21,23). The van der Waals surface area contributed by atoms with Crippen LogP contribution in [0, 0.1) is 0 Å². The van der Waals surface area contributed by atoms with E-state index >= 15 is 0 Å². The highest BCUT2D eigenvalue weighted by Crippen LogP contribution is 2.32. The fraction of sp³-hybridized carbons (Fsp3) is 0.350. The minimum absolute atomic E-state index is 0.255. The molecule has 1 fully saturated rings. The Kier molecular flexibility index (Phi) is 6.03. The van der Waals surface area contributed by atoms with Gasteiger partial charge in [-0.25, -0.2) is 0 Å². The maximum atomic E-state index is 12.9. The number of methoxy groups -OCH3 is 3. The molecule has 0 bridgehead atoms. The summed E-state index contributed by atoms with van der Waals surface area (Å²) in [7, 11) is 4.70. The van der Waals surface area contributed by atoms with Crippen LogP contribution in [-0.2, 0) is 4.74 Å². The van der Waals surface area contributed by atoms with Gasteiger partial charge in [0.2, 0.25) is 0 Å². The Morgan fingerprint density at radius 1 is 0.926 bits per heavy atom. The van der Waals surface area contributed by atoms with E-state index in [-0.39, 0.29) is 5.91 Å². The lowest BCUT2D eigenvalue weighted by Gasteiger charge is -2.30. The fourth-order valence-corrected chi connectivity index (χ4v) is 2.96. The van der Waals surface area contributed by atoms with Crippen LogP contribution in [0.25, 0.3) is 0 Å². The van der Waals surface area contributed by atoms with Crippen molar-refractivity contribution < 1.29 is 23.7 Å². The second-order valence-electron chi connectivity index (χ2n) is 6.04. The second kappa shape index (κ2) is 8.64. The van der Waals surface area contributed by atoms with E-state index < -0.39 is 0 Å². The normalized spacial score (nSPS) is 13.8. The number of rotatable bonds is 6. The van der Waals surface area contributed by atoms with Crippen molar-refractivity contribution in [2.24, 2.45) is 0 Å². The first kappa shape index (κ1) is 18.8. The lowest BCUT2D eigenvalue weighted by molar-refractivity contribution is 0.102. The third-order valence-electron chi connectivity index (χ3n) is 4.42. The Bertz CT molecular complexity index is 781. The minimum Gasteiger partial charge on any atom is -0.497 e. The first-order valence-electron chi connectivity index (χ1n) is 8.69. The average molecular weight is 372 g/mol. The van der Waals surface area contributed by atoms with Crippen molar-refractivity contribution >= 4 is 17.3 Å². The fourth-order valence-electron chi connectivity index (χ4n) is 2.96. The number of nitrogens with one attached hydrogen (secondary N) is 1. The summed E-state index contributed by atoms with van der Waals surface area (Å²) in [5.74, 6) is 1.53. The highest BCUT2D eigenvalue weighted by Gasteiger charge is 2.18. The van der Waals surface area contributed by atoms with Gasteiger partial charge in [-0.3, -0.25) is 4.79 Å². The largest absolute Gasteiger partial charge is 0.497 e. The van der Waals surface area contributed by atoms with Gasteiger partial charge in [-0.05, 0) is 24.3 Å². The van der Waals surface area contributed by atoms with E-state index in [1.54, 1.807) is 39.5 Å². The monoisotopic (exact) mass is 372 g/mol. The zero-order chi connectivity index (χ0) is 19.2. The molecule has 1 amide bonds. The quantitative estimate of drug-likeness (QED) is 0.841. The molecule has 1 aliphatic heterocycles. The number of hydrogen-bond donors (Lipinski definition) is 1. The number of nitrogens with zero attached hydrogens (tertiary/aromatic N) is 1. The molecule has 0 atom stereocenters. The van der Waals surface area contributed by atoms with Gasteiger partial charge in [0.1, 0.15) is 17.2 Å². The van der Waals surface area contributed by atoms with E-state index in [0.717, 1.165) is 18.8 Å². The predicted molar refractivity (Wildman–Crippen MR) is 104 cm³/mol. The van der Waals surface area contributed by atoms with Gasteiger partial charge >= 0.3 is 0 Å². The molecule has 1 heterocycles. The Hall–Kier alpha value is -2.93. The van der Waals surface area contributed by atoms with Crippen molar-refractivity contribution in [1.29, 1.82) is 0 Å². The van der Waals surface area contributed by atoms with Gasteiger partial charge in [0, 0.05) is 30.8 Å². The average Bonchev–Trinajstić information content (AvgIpc) is 2.73. The molecule has 0 radical (unpaired) electrons. The second-order valence-corrected chi connectivity index (χ2v) is 6.04. The zero-order valence-corrected chi connectivity index (χ0v) is 15.8. The molecule has 1 N–H and O–H groups in total. The predicted octanol–water partition coefficient (Wildman–Crippen LogP) is 2.80. The summed E-state index contributed by atoms with van der Waals surface area (Å²) < 4.78 is 21.3. The summed E-state index contributed by atoms with van der Waals surface area (Å²) in [5, 5.41) is 2.99. The molecule has 0 aliphatic carbocycles. The summed E-state index contributed by atoms with van der Waals surface area (Å²) in [6.07, 6.45) is 0. The highest BCUT2D eigenvalue weighted by molar-refractivity contribution is 6.06. The van der Waals surface area contributed by atoms with Crippen molar-refractivity contribution in [1.82, 2.24) is 0 Å². The molecule has 7 nitrogen and oxygen atoms in total. The van der Waals surface area contributed by atoms with Crippen LogP contribution in [-0.4, -0.2) is 53.5 Å². The number of morpholine rings is 1. The summed E-state index contributed by atoms with van der Waals surface area (Å²) in [6, 6.07) is 10.7. The number of ether oxygens (including phenoxy) is 4. The molecular weight excluding hydrogens is 348 g/mol. The third kappa shape index (κ3) is 4.43. The van der Waals surface area contributed by atoms with Gasteiger partial charge in [0.15, 0.2) is 0 Å². The Balaban J connectivity index is 1.90. The van der Waals surface area contributed by atoms with Gasteiger partial charge in [-0.2, -0.15) is 0 Å². The van der Waals surface area contributed by atoms with Crippen molar-refractivity contribution in [2.75, 3.05) is 57.8 Å². The lowest BCUT2D eigenvalue weighted by atomic mass is 10.1. The number of carbonyl (C=O) groups is 1. The molecule has 3 rings (SSSR count). The van der Waals surface area contributed by atoms with Gasteiger partial charge in [0.25, 0.3) is 5.91 Å². The summed E-state index contributed by atoms with van der Waals surface area (Å²) in [6.45, 7) is 2.85. The van der Waals surface area contributed by atoms with Crippen molar-refractivity contribution in [3.8, 4) is 17.2 Å². The Morgan fingerprint density at radius 2 is 1.56 bits per heavy atom. The van der Waals surface area contributed by atoms with Gasteiger partial charge in [-0.15, -0.1) is 0 Å². The van der Waals surface area contributed by atoms with Crippen LogP contribution in [0.3, 0.4) is 0 Å². The molecule has 2 aromatic rings. The van der Waals surface area contributed by atoms with E-state index in [1.807, 2.05) is 18.2 Å². The third-order valence-corrected chi connectivity index (χ3v) is 4.42. The maximum absolute atomic E-state index is 12.9. The Labute approximate surface area is 158 Å². The Morgan fingerprint density at radius 3 is 2.15 bits per heavy atom. The van der Waals surface area contributed by atoms with Crippen LogP contribution < -0.4 is 24.4 Å². The number of benzene rings is 2. The topological polar surface area (TPSA) is 69.3 Å². The number of anilines is 2. The minimum atomic E-state index is -0.255. The van der Waals surface area contributed by atoms with Crippen molar-refractivity contribution in [3.63, 3.8) is 0 Å². The van der Waals surface area contributed by atoms with E-state index in [9.17, 15) is 4.79 Å². The highest BCUT2D eigenvalue weighted by atomic mass is 16.5. The number of carbonyl (C=O) groups excluding carboxylic acids is 1. The van der Waals surface area contributed by atoms with Crippen LogP contribution in [0.4, 0.5) is 11.4 Å². The van der Waals surface area contributed by atoms with Crippen LogP contribution in [0.2, 0.25) is 0 Å². The zero-order valence-electron chi connectivity index (χ0n) is 15.8. The van der Waals surface area contributed by atoms with Gasteiger partial charge in [0.05, 0.1) is 45.9 Å². The van der Waals surface area contributed by atoms with Crippen LogP contribution in [0.1, 0.15) is 10.4 Å². The molecule has 0 spiro atoms. The van der Waals surface area contributed by atoms with Gasteiger partial charge in [-0.1, -0.05) is 0 Å². The molecular formula is C20H24N2O5. The maximum Gasteiger partial charge on any atom is 0.255 e. The molecule has 0 saturated carbocycles. The molecule has 0 unspecified atom stereocenters. The molecule has 27 heavy (non-hydrogen) atoms. The van der Waals surface area contributed by atoms with E-state index in [0.29, 0.717) is 41.7 Å². The molecule has 2 aromatic carbocycles. The first-order chi connectivity index (χ1) is 13.1. The van der Waals surface area contributed by atoms with E-state index in [2.05, 4.69) is 10.2 Å². The molecule has 144 valence electrons. The molecule has 1 aliphatic rings. The van der Waals surface area contributed by atoms with Crippen molar-refractivity contribution in [2.45, 2.75) is 0 Å².